The topological polar surface area (TPSA) is 83.3 Å². The van der Waals surface area contributed by atoms with Gasteiger partial charge in [-0.05, 0) is 38.9 Å². The maximum Gasteiger partial charge on any atom is 0.270 e. The van der Waals surface area contributed by atoms with E-state index in [4.69, 9.17) is 5.84 Å². The standard InChI is InChI=1S/C13H21N5O/c1-9-7-10(4-6-18(9)2)16-13(19)12-8-11(17-14)3-5-15-12/h3,5,8-10H,4,6-7,14H2,1-2H3,(H,15,17)(H,16,19). The smallest absolute Gasteiger partial charge is 0.270 e. The summed E-state index contributed by atoms with van der Waals surface area (Å²) in [7, 11) is 2.11. The molecule has 1 aliphatic heterocycles. The molecule has 19 heavy (non-hydrogen) atoms. The van der Waals surface area contributed by atoms with E-state index in [2.05, 4.69) is 34.6 Å². The summed E-state index contributed by atoms with van der Waals surface area (Å²) in [4.78, 5) is 18.5. The Bertz CT molecular complexity index is 450. The quantitative estimate of drug-likeness (QED) is 0.549. The zero-order valence-electron chi connectivity index (χ0n) is 11.4. The Hall–Kier alpha value is -1.66. The summed E-state index contributed by atoms with van der Waals surface area (Å²) in [6, 6.07) is 4.07. The fraction of sp³-hybridized carbons (Fsp3) is 0.538. The predicted molar refractivity (Wildman–Crippen MR) is 74.6 cm³/mol. The molecule has 0 aromatic carbocycles. The Kier molecular flexibility index (Phi) is 4.34. The molecule has 1 aromatic heterocycles. The van der Waals surface area contributed by atoms with Gasteiger partial charge in [0.15, 0.2) is 0 Å². The van der Waals surface area contributed by atoms with Crippen LogP contribution in [0.3, 0.4) is 0 Å². The van der Waals surface area contributed by atoms with Crippen LogP contribution in [0, 0.1) is 0 Å². The van der Waals surface area contributed by atoms with Crippen molar-refractivity contribution in [3.05, 3.63) is 24.0 Å². The molecular formula is C13H21N5O. The van der Waals surface area contributed by atoms with Gasteiger partial charge >= 0.3 is 0 Å². The molecule has 1 saturated heterocycles. The van der Waals surface area contributed by atoms with Crippen molar-refractivity contribution >= 4 is 11.6 Å². The van der Waals surface area contributed by atoms with Crippen molar-refractivity contribution in [3.8, 4) is 0 Å². The van der Waals surface area contributed by atoms with Gasteiger partial charge in [0, 0.05) is 24.8 Å². The van der Waals surface area contributed by atoms with Crippen LogP contribution < -0.4 is 16.6 Å². The van der Waals surface area contributed by atoms with Crippen LogP contribution in [0.2, 0.25) is 0 Å². The van der Waals surface area contributed by atoms with Gasteiger partial charge in [-0.2, -0.15) is 0 Å². The molecular weight excluding hydrogens is 242 g/mol. The van der Waals surface area contributed by atoms with Gasteiger partial charge in [0.1, 0.15) is 5.69 Å². The number of likely N-dealkylation sites (tertiary alicyclic amines) is 1. The van der Waals surface area contributed by atoms with Crippen molar-refractivity contribution < 1.29 is 4.79 Å². The minimum atomic E-state index is -0.140. The summed E-state index contributed by atoms with van der Waals surface area (Å²) in [6.45, 7) is 3.18. The van der Waals surface area contributed by atoms with Gasteiger partial charge in [-0.3, -0.25) is 15.6 Å². The minimum absolute atomic E-state index is 0.140. The Morgan fingerprint density at radius 3 is 3.05 bits per heavy atom. The largest absolute Gasteiger partial charge is 0.348 e. The number of nitrogen functional groups attached to an aromatic ring is 1. The van der Waals surface area contributed by atoms with Crippen LogP contribution >= 0.6 is 0 Å². The van der Waals surface area contributed by atoms with Crippen molar-refractivity contribution in [2.45, 2.75) is 31.8 Å². The number of pyridine rings is 1. The van der Waals surface area contributed by atoms with E-state index in [0.717, 1.165) is 19.4 Å². The van der Waals surface area contributed by atoms with Crippen molar-refractivity contribution in [1.82, 2.24) is 15.2 Å². The zero-order valence-corrected chi connectivity index (χ0v) is 11.4. The van der Waals surface area contributed by atoms with Gasteiger partial charge in [0.2, 0.25) is 0 Å². The van der Waals surface area contributed by atoms with Crippen molar-refractivity contribution in [3.63, 3.8) is 0 Å². The molecule has 1 amide bonds. The van der Waals surface area contributed by atoms with Gasteiger partial charge in [0.25, 0.3) is 5.91 Å². The summed E-state index contributed by atoms with van der Waals surface area (Å²) in [5.41, 5.74) is 3.58. The first kappa shape index (κ1) is 13.8. The Morgan fingerprint density at radius 2 is 2.37 bits per heavy atom. The lowest BCUT2D eigenvalue weighted by molar-refractivity contribution is 0.0891. The van der Waals surface area contributed by atoms with Gasteiger partial charge in [-0.15, -0.1) is 0 Å². The minimum Gasteiger partial charge on any atom is -0.348 e. The number of hydrazine groups is 1. The first-order chi connectivity index (χ1) is 9.10. The molecule has 4 N–H and O–H groups in total. The third kappa shape index (κ3) is 3.42. The molecule has 0 spiro atoms. The number of amides is 1. The summed E-state index contributed by atoms with van der Waals surface area (Å²) in [5, 5.41) is 3.04. The molecule has 1 aromatic rings. The number of hydrogen-bond acceptors (Lipinski definition) is 5. The molecule has 2 atom stereocenters. The van der Waals surface area contributed by atoms with Gasteiger partial charge in [-0.25, -0.2) is 0 Å². The summed E-state index contributed by atoms with van der Waals surface area (Å²) >= 11 is 0. The summed E-state index contributed by atoms with van der Waals surface area (Å²) < 4.78 is 0. The van der Waals surface area contributed by atoms with Crippen molar-refractivity contribution in [1.29, 1.82) is 0 Å². The van der Waals surface area contributed by atoms with Crippen LogP contribution in [0.25, 0.3) is 0 Å². The maximum absolute atomic E-state index is 12.1. The first-order valence-electron chi connectivity index (χ1n) is 6.54. The highest BCUT2D eigenvalue weighted by Gasteiger charge is 2.24. The molecule has 104 valence electrons. The number of aromatic nitrogens is 1. The second kappa shape index (κ2) is 5.99. The van der Waals surface area contributed by atoms with E-state index in [1.165, 1.54) is 0 Å². The van der Waals surface area contributed by atoms with E-state index in [0.29, 0.717) is 17.4 Å². The van der Waals surface area contributed by atoms with Crippen LogP contribution in [0.5, 0.6) is 0 Å². The molecule has 0 saturated carbocycles. The van der Waals surface area contributed by atoms with E-state index in [-0.39, 0.29) is 11.9 Å². The number of anilines is 1. The number of piperidine rings is 1. The number of nitrogens with zero attached hydrogens (tertiary/aromatic N) is 2. The summed E-state index contributed by atoms with van der Waals surface area (Å²) in [5.74, 6) is 5.18. The molecule has 1 aliphatic rings. The Labute approximate surface area is 113 Å². The fourth-order valence-electron chi connectivity index (χ4n) is 2.32. The van der Waals surface area contributed by atoms with E-state index in [1.54, 1.807) is 18.3 Å². The normalized spacial score (nSPS) is 23.9. The van der Waals surface area contributed by atoms with E-state index in [9.17, 15) is 4.79 Å². The van der Waals surface area contributed by atoms with Crippen LogP contribution in [0.15, 0.2) is 18.3 Å². The number of hydrogen-bond donors (Lipinski definition) is 3. The first-order valence-corrected chi connectivity index (χ1v) is 6.54. The second-order valence-corrected chi connectivity index (χ2v) is 5.10. The number of nitrogens with one attached hydrogen (secondary N) is 2. The molecule has 6 nitrogen and oxygen atoms in total. The highest BCUT2D eigenvalue weighted by atomic mass is 16.1. The van der Waals surface area contributed by atoms with Crippen molar-refractivity contribution in [2.75, 3.05) is 19.0 Å². The lowest BCUT2D eigenvalue weighted by Gasteiger charge is -2.35. The third-order valence-electron chi connectivity index (χ3n) is 3.70. The van der Waals surface area contributed by atoms with Crippen LogP contribution in [-0.2, 0) is 0 Å². The lowest BCUT2D eigenvalue weighted by atomic mass is 9.99. The number of nitrogens with two attached hydrogens (primary N) is 1. The third-order valence-corrected chi connectivity index (χ3v) is 3.70. The average Bonchev–Trinajstić information content (AvgIpc) is 2.43. The zero-order chi connectivity index (χ0) is 13.8. The van der Waals surface area contributed by atoms with Gasteiger partial charge in [-0.1, -0.05) is 0 Å². The molecule has 0 aliphatic carbocycles. The number of rotatable bonds is 3. The van der Waals surface area contributed by atoms with Crippen LogP contribution in [-0.4, -0.2) is 41.5 Å². The Morgan fingerprint density at radius 1 is 1.58 bits per heavy atom. The molecule has 6 heteroatoms. The molecule has 2 heterocycles. The van der Waals surface area contributed by atoms with Gasteiger partial charge < -0.3 is 15.6 Å². The SMILES string of the molecule is CC1CC(NC(=O)c2cc(NN)ccn2)CCN1C. The van der Waals surface area contributed by atoms with E-state index < -0.39 is 0 Å². The molecule has 1 fully saturated rings. The maximum atomic E-state index is 12.1. The highest BCUT2D eigenvalue weighted by Crippen LogP contribution is 2.16. The van der Waals surface area contributed by atoms with E-state index in [1.807, 2.05) is 0 Å². The number of carbonyl (C=O) groups is 1. The summed E-state index contributed by atoms with van der Waals surface area (Å²) in [6.07, 6.45) is 3.51. The molecule has 0 bridgehead atoms. The molecule has 0 radical (unpaired) electrons. The van der Waals surface area contributed by atoms with Crippen LogP contribution in [0.4, 0.5) is 5.69 Å². The highest BCUT2D eigenvalue weighted by molar-refractivity contribution is 5.93. The average molecular weight is 263 g/mol. The molecule has 2 rings (SSSR count). The molecule has 2 unspecified atom stereocenters. The monoisotopic (exact) mass is 263 g/mol. The Balaban J connectivity index is 1.97. The van der Waals surface area contributed by atoms with Crippen molar-refractivity contribution in [2.24, 2.45) is 5.84 Å². The number of carbonyl (C=O) groups excluding carboxylic acids is 1. The fourth-order valence-corrected chi connectivity index (χ4v) is 2.32. The predicted octanol–water partition coefficient (Wildman–Crippen LogP) is 0.580. The lowest BCUT2D eigenvalue weighted by Crippen LogP contribution is -2.47. The van der Waals surface area contributed by atoms with Crippen LogP contribution in [0.1, 0.15) is 30.3 Å². The second-order valence-electron chi connectivity index (χ2n) is 5.10. The van der Waals surface area contributed by atoms with E-state index >= 15 is 0 Å². The van der Waals surface area contributed by atoms with Gasteiger partial charge in [0.05, 0.1) is 5.69 Å².